The largest absolute Gasteiger partial charge is 0.493 e. The molecule has 1 atom stereocenters. The van der Waals surface area contributed by atoms with Crippen LogP contribution in [0.5, 0.6) is 11.5 Å². The van der Waals surface area contributed by atoms with Gasteiger partial charge in [-0.05, 0) is 49.1 Å². The third-order valence-electron chi connectivity index (χ3n) is 6.22. The average molecular weight is 468 g/mol. The number of aryl methyl sites for hydroxylation is 1. The summed E-state index contributed by atoms with van der Waals surface area (Å²) in [7, 11) is 2.96. The number of hydrogen-bond donors (Lipinski definition) is 1. The Labute approximate surface area is 195 Å². The normalized spacial score (nSPS) is 19.5. The molecule has 2 aliphatic rings. The fourth-order valence-corrected chi connectivity index (χ4v) is 4.36. The van der Waals surface area contributed by atoms with Crippen molar-refractivity contribution in [2.45, 2.75) is 25.3 Å². The van der Waals surface area contributed by atoms with Gasteiger partial charge in [0, 0.05) is 24.4 Å². The van der Waals surface area contributed by atoms with Gasteiger partial charge >= 0.3 is 6.03 Å². The van der Waals surface area contributed by atoms with Crippen LogP contribution in [0.25, 0.3) is 0 Å². The molecular formula is C23H24N4O7. The molecule has 0 spiro atoms. The summed E-state index contributed by atoms with van der Waals surface area (Å²) >= 11 is 0. The van der Waals surface area contributed by atoms with Gasteiger partial charge in [-0.1, -0.05) is 6.07 Å². The van der Waals surface area contributed by atoms with E-state index in [4.69, 9.17) is 9.47 Å². The molecule has 34 heavy (non-hydrogen) atoms. The van der Waals surface area contributed by atoms with E-state index in [2.05, 4.69) is 5.32 Å². The molecule has 11 nitrogen and oxygen atoms in total. The van der Waals surface area contributed by atoms with E-state index >= 15 is 0 Å². The highest BCUT2D eigenvalue weighted by Crippen LogP contribution is 2.36. The van der Waals surface area contributed by atoms with Crippen molar-refractivity contribution in [2.75, 3.05) is 32.2 Å². The van der Waals surface area contributed by atoms with Crippen molar-refractivity contribution in [1.82, 2.24) is 10.2 Å². The molecule has 1 saturated heterocycles. The number of nitro groups is 1. The van der Waals surface area contributed by atoms with Gasteiger partial charge in [0.1, 0.15) is 12.1 Å². The van der Waals surface area contributed by atoms with Gasteiger partial charge in [0.05, 0.1) is 19.1 Å². The Hall–Kier alpha value is -4.15. The minimum absolute atomic E-state index is 0.0483. The maximum atomic E-state index is 13.3. The predicted molar refractivity (Wildman–Crippen MR) is 121 cm³/mol. The van der Waals surface area contributed by atoms with E-state index in [-0.39, 0.29) is 5.69 Å². The quantitative estimate of drug-likeness (QED) is 0.391. The van der Waals surface area contributed by atoms with Crippen LogP contribution in [-0.2, 0) is 21.5 Å². The Kier molecular flexibility index (Phi) is 5.86. The number of nitrogens with zero attached hydrogens (tertiary/aromatic N) is 3. The second-order valence-electron chi connectivity index (χ2n) is 8.24. The summed E-state index contributed by atoms with van der Waals surface area (Å²) in [6.07, 6.45) is 1.21. The third-order valence-corrected chi connectivity index (χ3v) is 6.22. The van der Waals surface area contributed by atoms with Gasteiger partial charge in [0.2, 0.25) is 5.91 Å². The highest BCUT2D eigenvalue weighted by molar-refractivity contribution is 6.10. The number of hydrogen-bond acceptors (Lipinski definition) is 7. The minimum atomic E-state index is -1.39. The Balaban J connectivity index is 1.57. The molecule has 2 aromatic carbocycles. The molecule has 0 bridgehead atoms. The highest BCUT2D eigenvalue weighted by atomic mass is 16.6. The standard InChI is InChI=1S/C23H24N4O7/c1-23(15-6-9-18(33-2)19(12-15)34-3)21(29)26(22(30)24-23)13-20(28)25-10-4-5-14-11-16(27(31)32)7-8-17(14)25/h6-9,11-12H,4-5,10,13H2,1-3H3,(H,24,30). The SMILES string of the molecule is COc1ccc(C2(C)NC(=O)N(CC(=O)N3CCCc4cc([N+](=O)[O-])ccc43)C2=O)cc1OC. The van der Waals surface area contributed by atoms with Crippen molar-refractivity contribution < 1.29 is 28.8 Å². The molecule has 0 aliphatic carbocycles. The van der Waals surface area contributed by atoms with Crippen molar-refractivity contribution in [2.24, 2.45) is 0 Å². The van der Waals surface area contributed by atoms with E-state index in [1.165, 1.54) is 37.3 Å². The predicted octanol–water partition coefficient (Wildman–Crippen LogP) is 2.36. The number of ether oxygens (including phenoxy) is 2. The molecule has 2 aromatic rings. The van der Waals surface area contributed by atoms with E-state index in [0.29, 0.717) is 47.7 Å². The number of carbonyl (C=O) groups excluding carboxylic acids is 3. The molecule has 1 fully saturated rings. The number of amides is 4. The van der Waals surface area contributed by atoms with Crippen LogP contribution in [0.1, 0.15) is 24.5 Å². The van der Waals surface area contributed by atoms with E-state index in [1.807, 2.05) is 0 Å². The van der Waals surface area contributed by atoms with Crippen molar-refractivity contribution >= 4 is 29.2 Å². The molecule has 1 N–H and O–H groups in total. The highest BCUT2D eigenvalue weighted by Gasteiger charge is 2.50. The number of anilines is 1. The first kappa shape index (κ1) is 23.0. The van der Waals surface area contributed by atoms with Crippen LogP contribution in [0.15, 0.2) is 36.4 Å². The van der Waals surface area contributed by atoms with Gasteiger partial charge < -0.3 is 19.7 Å². The zero-order chi connectivity index (χ0) is 24.6. The van der Waals surface area contributed by atoms with Crippen LogP contribution in [0.3, 0.4) is 0 Å². The summed E-state index contributed by atoms with van der Waals surface area (Å²) in [6.45, 7) is 1.50. The molecule has 2 heterocycles. The van der Waals surface area contributed by atoms with Crippen molar-refractivity contribution in [3.8, 4) is 11.5 Å². The zero-order valence-corrected chi connectivity index (χ0v) is 19.0. The molecule has 4 amide bonds. The molecular weight excluding hydrogens is 444 g/mol. The molecule has 1 unspecified atom stereocenters. The van der Waals surface area contributed by atoms with Crippen molar-refractivity contribution in [3.05, 3.63) is 57.6 Å². The zero-order valence-electron chi connectivity index (χ0n) is 19.0. The van der Waals surface area contributed by atoms with E-state index in [0.717, 1.165) is 4.90 Å². The number of methoxy groups -OCH3 is 2. The average Bonchev–Trinajstić information content (AvgIpc) is 3.06. The number of urea groups is 1. The maximum absolute atomic E-state index is 13.3. The van der Waals surface area contributed by atoms with Gasteiger partial charge in [-0.25, -0.2) is 4.79 Å². The van der Waals surface area contributed by atoms with E-state index in [9.17, 15) is 24.5 Å². The Bertz CT molecular complexity index is 1200. The van der Waals surface area contributed by atoms with Gasteiger partial charge in [0.25, 0.3) is 11.6 Å². The number of nitrogens with one attached hydrogen (secondary N) is 1. The van der Waals surface area contributed by atoms with Crippen LogP contribution >= 0.6 is 0 Å². The minimum Gasteiger partial charge on any atom is -0.493 e. The van der Waals surface area contributed by atoms with Crippen LogP contribution in [0.2, 0.25) is 0 Å². The molecule has 4 rings (SSSR count). The smallest absolute Gasteiger partial charge is 0.325 e. The van der Waals surface area contributed by atoms with Gasteiger partial charge in [-0.2, -0.15) is 0 Å². The first-order chi connectivity index (χ1) is 16.2. The molecule has 0 saturated carbocycles. The molecule has 0 aromatic heterocycles. The summed E-state index contributed by atoms with van der Waals surface area (Å²) in [6, 6.07) is 8.54. The third kappa shape index (κ3) is 3.78. The first-order valence-corrected chi connectivity index (χ1v) is 10.6. The lowest BCUT2D eigenvalue weighted by Crippen LogP contribution is -2.46. The number of fused-ring (bicyclic) bond motifs is 1. The number of imide groups is 1. The van der Waals surface area contributed by atoms with Crippen LogP contribution < -0.4 is 19.7 Å². The molecule has 178 valence electrons. The van der Waals surface area contributed by atoms with Crippen LogP contribution in [-0.4, -0.2) is 55.0 Å². The van der Waals surface area contributed by atoms with E-state index < -0.39 is 34.9 Å². The van der Waals surface area contributed by atoms with Crippen LogP contribution in [0.4, 0.5) is 16.2 Å². The number of non-ortho nitro benzene ring substituents is 1. The van der Waals surface area contributed by atoms with Gasteiger partial charge in [0.15, 0.2) is 11.5 Å². The topological polar surface area (TPSA) is 131 Å². The van der Waals surface area contributed by atoms with Crippen LogP contribution in [0, 0.1) is 10.1 Å². The summed E-state index contributed by atoms with van der Waals surface area (Å²) in [5.41, 5.74) is 0.275. The lowest BCUT2D eigenvalue weighted by Gasteiger charge is -2.30. The van der Waals surface area contributed by atoms with Gasteiger partial charge in [-0.3, -0.25) is 24.6 Å². The second kappa shape index (κ2) is 8.65. The van der Waals surface area contributed by atoms with Crippen molar-refractivity contribution in [1.29, 1.82) is 0 Å². The number of nitro benzene ring substituents is 1. The Morgan fingerprint density at radius 3 is 2.56 bits per heavy atom. The summed E-state index contributed by atoms with van der Waals surface area (Å²) < 4.78 is 10.5. The maximum Gasteiger partial charge on any atom is 0.325 e. The summed E-state index contributed by atoms with van der Waals surface area (Å²) in [5.74, 6) is -0.145. The Morgan fingerprint density at radius 1 is 1.15 bits per heavy atom. The second-order valence-corrected chi connectivity index (χ2v) is 8.24. The summed E-state index contributed by atoms with van der Waals surface area (Å²) in [4.78, 5) is 52.1. The molecule has 0 radical (unpaired) electrons. The molecule has 11 heteroatoms. The lowest BCUT2D eigenvalue weighted by atomic mass is 9.91. The molecule has 2 aliphatic heterocycles. The number of benzene rings is 2. The van der Waals surface area contributed by atoms with E-state index in [1.54, 1.807) is 25.1 Å². The fraction of sp³-hybridized carbons (Fsp3) is 0.348. The van der Waals surface area contributed by atoms with Gasteiger partial charge in [-0.15, -0.1) is 0 Å². The summed E-state index contributed by atoms with van der Waals surface area (Å²) in [5, 5.41) is 13.8. The number of carbonyl (C=O) groups is 3. The number of rotatable bonds is 6. The monoisotopic (exact) mass is 468 g/mol. The van der Waals surface area contributed by atoms with Crippen molar-refractivity contribution in [3.63, 3.8) is 0 Å². The first-order valence-electron chi connectivity index (χ1n) is 10.6. The Morgan fingerprint density at radius 2 is 1.88 bits per heavy atom. The lowest BCUT2D eigenvalue weighted by molar-refractivity contribution is -0.384. The fourth-order valence-electron chi connectivity index (χ4n) is 4.36.